The molecule has 7 heteroatoms. The van der Waals surface area contributed by atoms with Gasteiger partial charge in [0.15, 0.2) is 0 Å². The first-order valence-corrected chi connectivity index (χ1v) is 8.09. The van der Waals surface area contributed by atoms with E-state index < -0.39 is 10.0 Å². The highest BCUT2D eigenvalue weighted by Gasteiger charge is 2.19. The number of aryl methyl sites for hydroxylation is 1. The number of nitrogens with zero attached hydrogens (tertiary/aromatic N) is 2. The normalized spacial score (nSPS) is 11.9. The lowest BCUT2D eigenvalue weighted by molar-refractivity contribution is 0.268. The van der Waals surface area contributed by atoms with Crippen LogP contribution in [0.15, 0.2) is 35.5 Å². The van der Waals surface area contributed by atoms with Gasteiger partial charge in [-0.05, 0) is 39.0 Å². The highest BCUT2D eigenvalue weighted by molar-refractivity contribution is 7.92. The molecule has 0 aliphatic rings. The summed E-state index contributed by atoms with van der Waals surface area (Å²) in [6, 6.07) is 4.93. The van der Waals surface area contributed by atoms with Gasteiger partial charge in [-0.1, -0.05) is 0 Å². The molecular weight excluding hydrogens is 290 g/mol. The van der Waals surface area contributed by atoms with Gasteiger partial charge in [-0.2, -0.15) is 0 Å². The minimum atomic E-state index is -3.69. The van der Waals surface area contributed by atoms with Crippen LogP contribution in [0.25, 0.3) is 0 Å². The molecule has 0 aliphatic heterocycles. The van der Waals surface area contributed by atoms with Crippen molar-refractivity contribution in [3.05, 3.63) is 42.0 Å². The van der Waals surface area contributed by atoms with Crippen LogP contribution >= 0.6 is 0 Å². The molecule has 2 aromatic heterocycles. The molecule has 2 N–H and O–H groups in total. The molecule has 0 radical (unpaired) electrons. The lowest BCUT2D eigenvalue weighted by Crippen LogP contribution is -2.12. The first kappa shape index (κ1) is 15.5. The standard InChI is InChI=1S/C14H19N3O3S/c1-10(2)17-8-14(6-13(17)9-18)21(19,20)16-12-5-4-11(3)15-7-12/h4-8,10,16,18H,9H2,1-3H3. The predicted molar refractivity (Wildman–Crippen MR) is 80.5 cm³/mol. The molecule has 6 nitrogen and oxygen atoms in total. The number of anilines is 1. The fourth-order valence-electron chi connectivity index (χ4n) is 1.99. The third-order valence-electron chi connectivity index (χ3n) is 3.10. The van der Waals surface area contributed by atoms with Crippen LogP contribution in [-0.4, -0.2) is 23.1 Å². The Bertz CT molecular complexity index is 718. The molecule has 0 unspecified atom stereocenters. The van der Waals surface area contributed by atoms with E-state index in [1.54, 1.807) is 16.7 Å². The maximum absolute atomic E-state index is 12.4. The summed E-state index contributed by atoms with van der Waals surface area (Å²) in [6.07, 6.45) is 3.00. The Kier molecular flexibility index (Phi) is 4.34. The molecule has 0 saturated heterocycles. The number of aliphatic hydroxyl groups excluding tert-OH is 1. The van der Waals surface area contributed by atoms with Gasteiger partial charge in [0.2, 0.25) is 0 Å². The van der Waals surface area contributed by atoms with E-state index in [0.29, 0.717) is 11.4 Å². The third-order valence-corrected chi connectivity index (χ3v) is 4.45. The zero-order valence-electron chi connectivity index (χ0n) is 12.2. The largest absolute Gasteiger partial charge is 0.390 e. The molecule has 0 atom stereocenters. The second-order valence-electron chi connectivity index (χ2n) is 5.12. The van der Waals surface area contributed by atoms with Gasteiger partial charge in [0.1, 0.15) is 4.90 Å². The van der Waals surface area contributed by atoms with Crippen molar-refractivity contribution in [3.8, 4) is 0 Å². The highest BCUT2D eigenvalue weighted by atomic mass is 32.2. The molecule has 0 aromatic carbocycles. The summed E-state index contributed by atoms with van der Waals surface area (Å²) in [4.78, 5) is 4.18. The predicted octanol–water partition coefficient (Wildman–Crippen LogP) is 2.07. The van der Waals surface area contributed by atoms with E-state index in [4.69, 9.17) is 0 Å². The summed E-state index contributed by atoms with van der Waals surface area (Å²) in [5.41, 5.74) is 1.78. The van der Waals surface area contributed by atoms with Crippen LogP contribution in [0.1, 0.15) is 31.3 Å². The van der Waals surface area contributed by atoms with E-state index in [2.05, 4.69) is 9.71 Å². The summed E-state index contributed by atoms with van der Waals surface area (Å²) in [5.74, 6) is 0. The average Bonchev–Trinajstić information content (AvgIpc) is 2.86. The quantitative estimate of drug-likeness (QED) is 0.885. The van der Waals surface area contributed by atoms with E-state index in [-0.39, 0.29) is 17.5 Å². The maximum atomic E-state index is 12.4. The molecule has 2 aromatic rings. The van der Waals surface area contributed by atoms with Crippen LogP contribution < -0.4 is 4.72 Å². The van der Waals surface area contributed by atoms with Crippen molar-refractivity contribution >= 4 is 15.7 Å². The number of sulfonamides is 1. The van der Waals surface area contributed by atoms with Crippen LogP contribution in [0.4, 0.5) is 5.69 Å². The minimum Gasteiger partial charge on any atom is -0.390 e. The van der Waals surface area contributed by atoms with Gasteiger partial charge in [0.25, 0.3) is 10.0 Å². The van der Waals surface area contributed by atoms with E-state index in [1.165, 1.54) is 18.5 Å². The van der Waals surface area contributed by atoms with Crippen LogP contribution in [0, 0.1) is 6.92 Å². The van der Waals surface area contributed by atoms with Gasteiger partial charge in [-0.25, -0.2) is 8.42 Å². The summed E-state index contributed by atoms with van der Waals surface area (Å²) in [7, 11) is -3.69. The zero-order chi connectivity index (χ0) is 15.6. The summed E-state index contributed by atoms with van der Waals surface area (Å²) >= 11 is 0. The number of aliphatic hydroxyl groups is 1. The first-order chi connectivity index (χ1) is 9.83. The van der Waals surface area contributed by atoms with Crippen LogP contribution in [0.5, 0.6) is 0 Å². The van der Waals surface area contributed by atoms with Gasteiger partial charge in [0, 0.05) is 23.6 Å². The van der Waals surface area contributed by atoms with Gasteiger partial charge < -0.3 is 9.67 Å². The van der Waals surface area contributed by atoms with E-state index in [1.807, 2.05) is 20.8 Å². The Labute approximate surface area is 124 Å². The topological polar surface area (TPSA) is 84.2 Å². The van der Waals surface area contributed by atoms with Crippen molar-refractivity contribution in [1.82, 2.24) is 9.55 Å². The lowest BCUT2D eigenvalue weighted by Gasteiger charge is -2.10. The monoisotopic (exact) mass is 309 g/mol. The molecule has 2 rings (SSSR count). The van der Waals surface area contributed by atoms with E-state index in [0.717, 1.165) is 5.69 Å². The fraction of sp³-hybridized carbons (Fsp3) is 0.357. The van der Waals surface area contributed by atoms with Crippen LogP contribution in [0.3, 0.4) is 0 Å². The fourth-order valence-corrected chi connectivity index (χ4v) is 3.09. The van der Waals surface area contributed by atoms with E-state index in [9.17, 15) is 13.5 Å². The maximum Gasteiger partial charge on any atom is 0.263 e. The summed E-state index contributed by atoms with van der Waals surface area (Å²) in [6.45, 7) is 5.47. The number of hydrogen-bond acceptors (Lipinski definition) is 4. The number of pyridine rings is 1. The molecule has 0 fully saturated rings. The van der Waals surface area contributed by atoms with Gasteiger partial charge in [-0.3, -0.25) is 9.71 Å². The highest BCUT2D eigenvalue weighted by Crippen LogP contribution is 2.21. The van der Waals surface area contributed by atoms with Gasteiger partial charge >= 0.3 is 0 Å². The number of aromatic nitrogens is 2. The summed E-state index contributed by atoms with van der Waals surface area (Å²) < 4.78 is 28.9. The van der Waals surface area contributed by atoms with Crippen molar-refractivity contribution in [3.63, 3.8) is 0 Å². The lowest BCUT2D eigenvalue weighted by atomic mass is 10.3. The molecule has 0 saturated carbocycles. The molecule has 2 heterocycles. The average molecular weight is 309 g/mol. The molecule has 21 heavy (non-hydrogen) atoms. The SMILES string of the molecule is Cc1ccc(NS(=O)(=O)c2cc(CO)n(C(C)C)c2)cn1. The summed E-state index contributed by atoms with van der Waals surface area (Å²) in [5, 5.41) is 9.32. The molecule has 0 bridgehead atoms. The van der Waals surface area contributed by atoms with Crippen molar-refractivity contribution in [2.75, 3.05) is 4.72 Å². The van der Waals surface area contributed by atoms with Crippen molar-refractivity contribution in [1.29, 1.82) is 0 Å². The second-order valence-corrected chi connectivity index (χ2v) is 6.80. The first-order valence-electron chi connectivity index (χ1n) is 6.60. The molecular formula is C14H19N3O3S. The van der Waals surface area contributed by atoms with Crippen LogP contribution in [-0.2, 0) is 16.6 Å². The Hall–Kier alpha value is -1.86. The zero-order valence-corrected chi connectivity index (χ0v) is 13.1. The Morgan fingerprint density at radius 2 is 2.10 bits per heavy atom. The molecule has 114 valence electrons. The minimum absolute atomic E-state index is 0.0668. The van der Waals surface area contributed by atoms with Crippen molar-refractivity contribution in [2.45, 2.75) is 38.3 Å². The Morgan fingerprint density at radius 1 is 1.38 bits per heavy atom. The third kappa shape index (κ3) is 3.43. The second kappa shape index (κ2) is 5.87. The Morgan fingerprint density at radius 3 is 2.57 bits per heavy atom. The number of rotatable bonds is 5. The van der Waals surface area contributed by atoms with Crippen molar-refractivity contribution < 1.29 is 13.5 Å². The smallest absolute Gasteiger partial charge is 0.263 e. The molecule has 0 aliphatic carbocycles. The van der Waals surface area contributed by atoms with Crippen molar-refractivity contribution in [2.24, 2.45) is 0 Å². The molecule has 0 spiro atoms. The number of nitrogens with one attached hydrogen (secondary N) is 1. The van der Waals surface area contributed by atoms with Crippen LogP contribution in [0.2, 0.25) is 0 Å². The Balaban J connectivity index is 2.33. The molecule has 0 amide bonds. The van der Waals surface area contributed by atoms with E-state index >= 15 is 0 Å². The van der Waals surface area contributed by atoms with Gasteiger partial charge in [-0.15, -0.1) is 0 Å². The number of hydrogen-bond donors (Lipinski definition) is 2. The van der Waals surface area contributed by atoms with Gasteiger partial charge in [0.05, 0.1) is 18.5 Å².